The summed E-state index contributed by atoms with van der Waals surface area (Å²) in [6.45, 7) is 9.68. The number of nitriles is 1. The lowest BCUT2D eigenvalue weighted by Crippen LogP contribution is -2.44. The zero-order valence-electron chi connectivity index (χ0n) is 13.5. The Kier molecular flexibility index (Phi) is 7.24. The Morgan fingerprint density at radius 2 is 2.22 bits per heavy atom. The van der Waals surface area contributed by atoms with E-state index in [0.29, 0.717) is 31.7 Å². The van der Waals surface area contributed by atoms with Crippen LogP contribution >= 0.6 is 0 Å². The first kappa shape index (κ1) is 17.6. The van der Waals surface area contributed by atoms with Crippen molar-refractivity contribution in [1.82, 2.24) is 9.80 Å². The molecular weight excluding hydrogens is 290 g/mol. The molecule has 1 heterocycles. The lowest BCUT2D eigenvalue weighted by Gasteiger charge is -2.31. The summed E-state index contributed by atoms with van der Waals surface area (Å²) in [7, 11) is 0. The van der Waals surface area contributed by atoms with Gasteiger partial charge in [0.15, 0.2) is 0 Å². The minimum absolute atomic E-state index is 0.410. The summed E-state index contributed by atoms with van der Waals surface area (Å²) in [6, 6.07) is 9.75. The number of hydrogen-bond acceptors (Lipinski definition) is 5. The molecule has 0 radical (unpaired) electrons. The van der Waals surface area contributed by atoms with Crippen LogP contribution < -0.4 is 0 Å². The number of nitrogens with zero attached hydrogens (tertiary/aromatic N) is 3. The van der Waals surface area contributed by atoms with E-state index in [4.69, 9.17) is 10.00 Å². The Balaban J connectivity index is 1.89. The highest BCUT2D eigenvalue weighted by Gasteiger charge is 2.17. The fourth-order valence-corrected chi connectivity index (χ4v) is 2.82. The highest BCUT2D eigenvalue weighted by molar-refractivity contribution is 5.32. The molecule has 1 atom stereocenters. The van der Waals surface area contributed by atoms with Gasteiger partial charge in [0.05, 0.1) is 31.0 Å². The molecule has 1 unspecified atom stereocenters. The monoisotopic (exact) mass is 315 g/mol. The van der Waals surface area contributed by atoms with Crippen molar-refractivity contribution in [3.8, 4) is 6.07 Å². The van der Waals surface area contributed by atoms with Crippen molar-refractivity contribution < 1.29 is 9.84 Å². The first-order chi connectivity index (χ1) is 11.2. The molecule has 0 bridgehead atoms. The van der Waals surface area contributed by atoms with Gasteiger partial charge in [-0.3, -0.25) is 9.80 Å². The second-order valence-electron chi connectivity index (χ2n) is 5.86. The number of morpholine rings is 1. The minimum atomic E-state index is -0.410. The van der Waals surface area contributed by atoms with E-state index in [-0.39, 0.29) is 0 Å². The van der Waals surface area contributed by atoms with Gasteiger partial charge in [-0.2, -0.15) is 5.26 Å². The summed E-state index contributed by atoms with van der Waals surface area (Å²) in [5.41, 5.74) is 1.74. The molecule has 0 aromatic heterocycles. The fraction of sp³-hybridized carbons (Fsp3) is 0.500. The molecule has 1 fully saturated rings. The van der Waals surface area contributed by atoms with Crippen LogP contribution in [0.3, 0.4) is 0 Å². The number of aliphatic hydroxyl groups excluding tert-OH is 1. The third-order valence-corrected chi connectivity index (χ3v) is 3.89. The summed E-state index contributed by atoms with van der Waals surface area (Å²) in [6.07, 6.45) is 1.43. The van der Waals surface area contributed by atoms with Crippen LogP contribution in [0.25, 0.3) is 0 Å². The summed E-state index contributed by atoms with van der Waals surface area (Å²) in [5, 5.41) is 19.4. The largest absolute Gasteiger partial charge is 0.390 e. The molecule has 1 saturated heterocycles. The molecule has 5 heteroatoms. The molecule has 1 aromatic rings. The predicted molar refractivity (Wildman–Crippen MR) is 89.9 cm³/mol. The third kappa shape index (κ3) is 6.12. The maximum Gasteiger partial charge on any atom is 0.0991 e. The summed E-state index contributed by atoms with van der Waals surface area (Å²) in [5.74, 6) is 0. The van der Waals surface area contributed by atoms with Gasteiger partial charge in [-0.1, -0.05) is 18.2 Å². The second-order valence-corrected chi connectivity index (χ2v) is 5.86. The van der Waals surface area contributed by atoms with Gasteiger partial charge in [-0.25, -0.2) is 0 Å². The van der Waals surface area contributed by atoms with E-state index in [1.165, 1.54) is 0 Å². The Bertz CT molecular complexity index is 535. The van der Waals surface area contributed by atoms with Crippen LogP contribution in [0.1, 0.15) is 11.1 Å². The summed E-state index contributed by atoms with van der Waals surface area (Å²) < 4.78 is 5.33. The molecule has 1 aliphatic heterocycles. The molecular formula is C18H25N3O2. The molecule has 124 valence electrons. The summed E-state index contributed by atoms with van der Waals surface area (Å²) >= 11 is 0. The maximum absolute atomic E-state index is 10.4. The Morgan fingerprint density at radius 1 is 1.43 bits per heavy atom. The van der Waals surface area contributed by atoms with Crippen LogP contribution in [0.2, 0.25) is 0 Å². The zero-order valence-corrected chi connectivity index (χ0v) is 13.5. The van der Waals surface area contributed by atoms with E-state index in [9.17, 15) is 5.11 Å². The van der Waals surface area contributed by atoms with E-state index < -0.39 is 6.10 Å². The molecule has 1 aromatic carbocycles. The van der Waals surface area contributed by atoms with Gasteiger partial charge in [0, 0.05) is 39.3 Å². The minimum Gasteiger partial charge on any atom is -0.390 e. The molecule has 1 aliphatic rings. The van der Waals surface area contributed by atoms with E-state index in [1.807, 2.05) is 24.3 Å². The van der Waals surface area contributed by atoms with Gasteiger partial charge in [0.25, 0.3) is 0 Å². The van der Waals surface area contributed by atoms with Crippen LogP contribution in [0, 0.1) is 11.3 Å². The lowest BCUT2D eigenvalue weighted by atomic mass is 10.1. The van der Waals surface area contributed by atoms with Crippen molar-refractivity contribution in [2.75, 3.05) is 45.9 Å². The van der Waals surface area contributed by atoms with Crippen molar-refractivity contribution in [3.63, 3.8) is 0 Å². The molecule has 2 rings (SSSR count). The number of aliphatic hydroxyl groups is 1. The highest BCUT2D eigenvalue weighted by Crippen LogP contribution is 2.09. The summed E-state index contributed by atoms with van der Waals surface area (Å²) in [4.78, 5) is 4.38. The van der Waals surface area contributed by atoms with Crippen LogP contribution in [-0.4, -0.2) is 66.9 Å². The highest BCUT2D eigenvalue weighted by atomic mass is 16.5. The van der Waals surface area contributed by atoms with Crippen LogP contribution in [-0.2, 0) is 11.3 Å². The Morgan fingerprint density at radius 3 is 2.91 bits per heavy atom. The molecule has 0 amide bonds. The molecule has 23 heavy (non-hydrogen) atoms. The predicted octanol–water partition coefficient (Wildman–Crippen LogP) is 1.24. The molecule has 0 spiro atoms. The SMILES string of the molecule is C=CCN(Cc1cccc(C#N)c1)CC(O)CN1CCOCC1. The molecule has 0 saturated carbocycles. The average molecular weight is 315 g/mol. The topological polar surface area (TPSA) is 59.7 Å². The normalized spacial score (nSPS) is 16.9. The maximum atomic E-state index is 10.4. The Hall–Kier alpha value is -1.71. The van der Waals surface area contributed by atoms with Crippen molar-refractivity contribution in [3.05, 3.63) is 48.0 Å². The van der Waals surface area contributed by atoms with Gasteiger partial charge in [-0.05, 0) is 17.7 Å². The zero-order chi connectivity index (χ0) is 16.5. The molecule has 5 nitrogen and oxygen atoms in total. The number of β-amino-alcohol motifs (C(OH)–C–C–N with tert-alkyl or cyclic N) is 1. The number of rotatable bonds is 8. The van der Waals surface area contributed by atoms with Crippen LogP contribution in [0.5, 0.6) is 0 Å². The first-order valence-electron chi connectivity index (χ1n) is 8.01. The second kappa shape index (κ2) is 9.43. The quantitative estimate of drug-likeness (QED) is 0.732. The van der Waals surface area contributed by atoms with E-state index in [0.717, 1.165) is 31.9 Å². The standard InChI is InChI=1S/C18H25N3O2/c1-2-6-21(13-17-5-3-4-16(11-17)12-19)15-18(22)14-20-7-9-23-10-8-20/h2-5,11,18,22H,1,6-10,13-15H2. The lowest BCUT2D eigenvalue weighted by molar-refractivity contribution is 0.00718. The van der Waals surface area contributed by atoms with Crippen molar-refractivity contribution >= 4 is 0 Å². The van der Waals surface area contributed by atoms with Gasteiger partial charge >= 0.3 is 0 Å². The van der Waals surface area contributed by atoms with Gasteiger partial charge in [-0.15, -0.1) is 6.58 Å². The van der Waals surface area contributed by atoms with Crippen molar-refractivity contribution in [2.24, 2.45) is 0 Å². The molecule has 1 N–H and O–H groups in total. The van der Waals surface area contributed by atoms with E-state index in [2.05, 4.69) is 22.4 Å². The number of hydrogen-bond donors (Lipinski definition) is 1. The fourth-order valence-electron chi connectivity index (χ4n) is 2.82. The Labute approximate surface area is 138 Å². The number of ether oxygens (including phenoxy) is 1. The number of benzene rings is 1. The van der Waals surface area contributed by atoms with Crippen molar-refractivity contribution in [2.45, 2.75) is 12.6 Å². The van der Waals surface area contributed by atoms with Gasteiger partial charge < -0.3 is 9.84 Å². The van der Waals surface area contributed by atoms with Crippen LogP contribution in [0.15, 0.2) is 36.9 Å². The van der Waals surface area contributed by atoms with Crippen molar-refractivity contribution in [1.29, 1.82) is 5.26 Å². The van der Waals surface area contributed by atoms with Gasteiger partial charge in [0.2, 0.25) is 0 Å². The van der Waals surface area contributed by atoms with Crippen LogP contribution in [0.4, 0.5) is 0 Å². The van der Waals surface area contributed by atoms with E-state index >= 15 is 0 Å². The first-order valence-corrected chi connectivity index (χ1v) is 8.01. The third-order valence-electron chi connectivity index (χ3n) is 3.89. The average Bonchev–Trinajstić information content (AvgIpc) is 2.56. The van der Waals surface area contributed by atoms with Gasteiger partial charge in [0.1, 0.15) is 0 Å². The van der Waals surface area contributed by atoms with E-state index in [1.54, 1.807) is 6.07 Å². The molecule has 0 aliphatic carbocycles. The smallest absolute Gasteiger partial charge is 0.0991 e.